The number of carbonyl (C=O) groups excluding carboxylic acids is 2. The van der Waals surface area contributed by atoms with Gasteiger partial charge in [0.15, 0.2) is 0 Å². The number of hydrogen-bond acceptors (Lipinski definition) is 3. The lowest BCUT2D eigenvalue weighted by atomic mass is 9.62. The number of anilines is 1. The van der Waals surface area contributed by atoms with Crippen molar-refractivity contribution < 1.29 is 14.3 Å². The average Bonchev–Trinajstić information content (AvgIpc) is 3.33. The van der Waals surface area contributed by atoms with Gasteiger partial charge in [0.25, 0.3) is 0 Å². The summed E-state index contributed by atoms with van der Waals surface area (Å²) in [7, 11) is 0. The number of rotatable bonds is 3. The zero-order chi connectivity index (χ0) is 20.7. The van der Waals surface area contributed by atoms with Crippen LogP contribution in [0.15, 0.2) is 54.6 Å². The molecule has 30 heavy (non-hydrogen) atoms. The predicted octanol–water partition coefficient (Wildman–Crippen LogP) is 4.07. The van der Waals surface area contributed by atoms with Crippen LogP contribution in [0.3, 0.4) is 0 Å². The third-order valence-electron chi connectivity index (χ3n) is 6.89. The van der Waals surface area contributed by atoms with E-state index in [1.54, 1.807) is 0 Å². The number of likely N-dealkylation sites (tertiary alicyclic amines) is 1. The van der Waals surface area contributed by atoms with Crippen molar-refractivity contribution >= 4 is 29.1 Å². The Kier molecular flexibility index (Phi) is 5.03. The van der Waals surface area contributed by atoms with Crippen molar-refractivity contribution in [3.05, 3.63) is 65.2 Å². The lowest BCUT2D eigenvalue weighted by molar-refractivity contribution is -0.150. The zero-order valence-electron chi connectivity index (χ0n) is 16.8. The molecule has 0 aliphatic carbocycles. The molecule has 3 fully saturated rings. The maximum absolute atomic E-state index is 13.5. The topological polar surface area (TPSA) is 49.9 Å². The van der Waals surface area contributed by atoms with Gasteiger partial charge in [-0.05, 0) is 49.1 Å². The Bertz CT molecular complexity index is 933. The second-order valence-corrected chi connectivity index (χ2v) is 8.94. The second kappa shape index (κ2) is 7.71. The number of carbonyl (C=O) groups is 2. The monoisotopic (exact) mass is 424 g/mol. The molecule has 5 nitrogen and oxygen atoms in total. The molecular formula is C24H25ClN2O3. The maximum Gasteiger partial charge on any atom is 0.236 e. The number of hydrogen-bond donors (Lipinski definition) is 0. The molecule has 3 heterocycles. The molecule has 5 rings (SSSR count). The molecule has 2 amide bonds. The molecule has 0 radical (unpaired) electrons. The first-order valence-electron chi connectivity index (χ1n) is 10.6. The van der Waals surface area contributed by atoms with Crippen LogP contribution in [0.5, 0.6) is 0 Å². The number of halogens is 1. The Morgan fingerprint density at radius 3 is 2.37 bits per heavy atom. The summed E-state index contributed by atoms with van der Waals surface area (Å²) in [5, 5.41) is 0.684. The van der Waals surface area contributed by atoms with E-state index in [4.69, 9.17) is 16.3 Å². The maximum atomic E-state index is 13.5. The van der Waals surface area contributed by atoms with Gasteiger partial charge in [-0.25, -0.2) is 0 Å². The van der Waals surface area contributed by atoms with Crippen molar-refractivity contribution in [2.75, 3.05) is 31.2 Å². The van der Waals surface area contributed by atoms with Crippen LogP contribution in [-0.4, -0.2) is 43.0 Å². The molecule has 1 spiro atoms. The SMILES string of the molecule is O=C(C1CCOC1)N1CCC2(CC1)C(=O)N(c1ccccc1)C2c1ccc(Cl)cc1. The number of nitrogens with zero attached hydrogens (tertiary/aromatic N) is 2. The van der Waals surface area contributed by atoms with Gasteiger partial charge in [-0.3, -0.25) is 9.59 Å². The Morgan fingerprint density at radius 2 is 1.73 bits per heavy atom. The van der Waals surface area contributed by atoms with Gasteiger partial charge in [-0.15, -0.1) is 0 Å². The van der Waals surface area contributed by atoms with Gasteiger partial charge in [-0.2, -0.15) is 0 Å². The lowest BCUT2D eigenvalue weighted by Crippen LogP contribution is -2.67. The van der Waals surface area contributed by atoms with Crippen LogP contribution in [0.25, 0.3) is 0 Å². The van der Waals surface area contributed by atoms with Crippen molar-refractivity contribution in [3.8, 4) is 0 Å². The standard InChI is InChI=1S/C24H25ClN2O3/c25-19-8-6-17(7-9-19)21-24(23(29)27(21)20-4-2-1-3-5-20)11-13-26(14-12-24)22(28)18-10-15-30-16-18/h1-9,18,21H,10-16H2. The summed E-state index contributed by atoms with van der Waals surface area (Å²) in [4.78, 5) is 30.1. The lowest BCUT2D eigenvalue weighted by Gasteiger charge is -2.59. The van der Waals surface area contributed by atoms with Gasteiger partial charge >= 0.3 is 0 Å². The molecule has 6 heteroatoms. The van der Waals surface area contributed by atoms with Crippen molar-refractivity contribution in [2.24, 2.45) is 11.3 Å². The van der Waals surface area contributed by atoms with E-state index >= 15 is 0 Å². The van der Waals surface area contributed by atoms with Gasteiger partial charge in [0.1, 0.15) is 0 Å². The molecule has 156 valence electrons. The Labute approximate surface area is 181 Å². The molecule has 2 aromatic carbocycles. The summed E-state index contributed by atoms with van der Waals surface area (Å²) in [6.45, 7) is 2.42. The highest BCUT2D eigenvalue weighted by molar-refractivity contribution is 6.30. The second-order valence-electron chi connectivity index (χ2n) is 8.51. The molecule has 3 aliphatic rings. The van der Waals surface area contributed by atoms with E-state index in [0.717, 1.165) is 17.7 Å². The third-order valence-corrected chi connectivity index (χ3v) is 7.14. The van der Waals surface area contributed by atoms with Gasteiger partial charge in [0.05, 0.1) is 24.0 Å². The normalized spacial score (nSPS) is 25.4. The van der Waals surface area contributed by atoms with Crippen molar-refractivity contribution in [3.63, 3.8) is 0 Å². The minimum absolute atomic E-state index is 0.0241. The number of β-lactam (4-membered cyclic amide) rings is 1. The Morgan fingerprint density at radius 1 is 1.03 bits per heavy atom. The van der Waals surface area contributed by atoms with E-state index in [1.165, 1.54) is 0 Å². The minimum atomic E-state index is -0.466. The molecule has 2 aromatic rings. The molecule has 2 unspecified atom stereocenters. The first-order valence-corrected chi connectivity index (χ1v) is 11.0. The van der Waals surface area contributed by atoms with Gasteiger partial charge < -0.3 is 14.5 Å². The van der Waals surface area contributed by atoms with Crippen molar-refractivity contribution in [1.82, 2.24) is 4.90 Å². The fraction of sp³-hybridized carbons (Fsp3) is 0.417. The van der Waals surface area contributed by atoms with E-state index in [1.807, 2.05) is 64.4 Å². The first kappa shape index (κ1) is 19.6. The highest BCUT2D eigenvalue weighted by atomic mass is 35.5. The number of piperidine rings is 1. The number of benzene rings is 2. The molecule has 2 atom stereocenters. The number of ether oxygens (including phenoxy) is 1. The summed E-state index contributed by atoms with van der Waals surface area (Å²) < 4.78 is 5.39. The molecule has 3 aliphatic heterocycles. The highest BCUT2D eigenvalue weighted by Crippen LogP contribution is 2.57. The van der Waals surface area contributed by atoms with Crippen molar-refractivity contribution in [2.45, 2.75) is 25.3 Å². The van der Waals surface area contributed by atoms with Gasteiger partial charge in [0.2, 0.25) is 11.8 Å². The van der Waals surface area contributed by atoms with Crippen LogP contribution >= 0.6 is 11.6 Å². The van der Waals surface area contributed by atoms with E-state index < -0.39 is 5.41 Å². The predicted molar refractivity (Wildman–Crippen MR) is 115 cm³/mol. The van der Waals surface area contributed by atoms with Crippen LogP contribution in [0, 0.1) is 11.3 Å². The van der Waals surface area contributed by atoms with Crippen LogP contribution < -0.4 is 4.90 Å². The fourth-order valence-electron chi connectivity index (χ4n) is 5.22. The Hall–Kier alpha value is -2.37. The summed E-state index contributed by atoms with van der Waals surface area (Å²) in [5.41, 5.74) is 1.54. The molecule has 0 bridgehead atoms. The number of para-hydroxylation sites is 1. The molecule has 0 saturated carbocycles. The van der Waals surface area contributed by atoms with Crippen molar-refractivity contribution in [1.29, 1.82) is 0 Å². The summed E-state index contributed by atoms with van der Waals surface area (Å²) >= 11 is 6.12. The van der Waals surface area contributed by atoms with Crippen LogP contribution in [0.2, 0.25) is 5.02 Å². The zero-order valence-corrected chi connectivity index (χ0v) is 17.6. The Balaban J connectivity index is 1.41. The first-order chi connectivity index (χ1) is 14.6. The van der Waals surface area contributed by atoms with E-state index in [-0.39, 0.29) is 23.8 Å². The van der Waals surface area contributed by atoms with Crippen LogP contribution in [-0.2, 0) is 14.3 Å². The minimum Gasteiger partial charge on any atom is -0.381 e. The molecule has 3 saturated heterocycles. The summed E-state index contributed by atoms with van der Waals surface area (Å²) in [6.07, 6.45) is 2.16. The van der Waals surface area contributed by atoms with Crippen LogP contribution in [0.1, 0.15) is 30.9 Å². The molecule has 0 N–H and O–H groups in total. The largest absolute Gasteiger partial charge is 0.381 e. The molecular weight excluding hydrogens is 400 g/mol. The summed E-state index contributed by atoms with van der Waals surface area (Å²) in [6, 6.07) is 17.6. The highest BCUT2D eigenvalue weighted by Gasteiger charge is 2.62. The third kappa shape index (κ3) is 3.12. The fourth-order valence-corrected chi connectivity index (χ4v) is 5.35. The van der Waals surface area contributed by atoms with E-state index in [0.29, 0.717) is 44.2 Å². The van der Waals surface area contributed by atoms with Crippen LogP contribution in [0.4, 0.5) is 5.69 Å². The van der Waals surface area contributed by atoms with E-state index in [9.17, 15) is 9.59 Å². The molecule has 0 aromatic heterocycles. The number of amides is 2. The smallest absolute Gasteiger partial charge is 0.236 e. The van der Waals surface area contributed by atoms with Gasteiger partial charge in [-0.1, -0.05) is 41.9 Å². The average molecular weight is 425 g/mol. The summed E-state index contributed by atoms with van der Waals surface area (Å²) in [5.74, 6) is 0.311. The quantitative estimate of drug-likeness (QED) is 0.698. The van der Waals surface area contributed by atoms with Gasteiger partial charge in [0, 0.05) is 30.4 Å². The van der Waals surface area contributed by atoms with E-state index in [2.05, 4.69) is 0 Å².